The zero-order valence-electron chi connectivity index (χ0n) is 22.8. The lowest BCUT2D eigenvalue weighted by molar-refractivity contribution is -0.146. The lowest BCUT2D eigenvalue weighted by Gasteiger charge is -2.36. The van der Waals surface area contributed by atoms with Gasteiger partial charge in [-0.05, 0) is 66.6 Å². The lowest BCUT2D eigenvalue weighted by Crippen LogP contribution is -2.46. The summed E-state index contributed by atoms with van der Waals surface area (Å²) in [6.45, 7) is 4.85. The number of aromatic nitrogens is 1. The minimum absolute atomic E-state index is 0.262. The van der Waals surface area contributed by atoms with Gasteiger partial charge >= 0.3 is 11.9 Å². The van der Waals surface area contributed by atoms with E-state index in [9.17, 15) is 14.4 Å². The first kappa shape index (κ1) is 28.6. The number of benzene rings is 2. The van der Waals surface area contributed by atoms with Gasteiger partial charge in [0.15, 0.2) is 6.73 Å². The highest BCUT2D eigenvalue weighted by molar-refractivity contribution is 7.17. The van der Waals surface area contributed by atoms with Crippen LogP contribution in [0.25, 0.3) is 21.0 Å². The molecule has 2 aromatic heterocycles. The number of fused-ring (bicyclic) bond motifs is 2. The van der Waals surface area contributed by atoms with E-state index in [1.165, 1.54) is 26.4 Å². The van der Waals surface area contributed by atoms with Crippen molar-refractivity contribution >= 4 is 50.0 Å². The second-order valence-electron chi connectivity index (χ2n) is 9.96. The summed E-state index contributed by atoms with van der Waals surface area (Å²) in [5, 5.41) is 15.4. The maximum Gasteiger partial charge on any atom is 0.321 e. The number of aliphatic carboxylic acids is 1. The van der Waals surface area contributed by atoms with E-state index < -0.39 is 11.9 Å². The average Bonchev–Trinajstić information content (AvgIpc) is 3.46. The Labute approximate surface area is 241 Å². The number of carboxylic acids is 1. The third kappa shape index (κ3) is 7.43. The predicted octanol–water partition coefficient (Wildman–Crippen LogP) is 3.37. The molecule has 0 radical (unpaired) electrons. The molecular formula is C30H34N4O6S. The fourth-order valence-corrected chi connectivity index (χ4v) is 5.85. The number of carbonyl (C=O) groups excluding carboxylic acids is 1. The van der Waals surface area contributed by atoms with Crippen molar-refractivity contribution in [2.45, 2.75) is 19.6 Å². The van der Waals surface area contributed by atoms with Crippen LogP contribution in [0.5, 0.6) is 5.75 Å². The minimum atomic E-state index is -1.07. The number of rotatable bonds is 13. The van der Waals surface area contributed by atoms with Crippen LogP contribution in [-0.4, -0.2) is 78.9 Å². The third-order valence-electron chi connectivity index (χ3n) is 7.19. The number of nitrogens with one attached hydrogen (secondary N) is 1. The summed E-state index contributed by atoms with van der Waals surface area (Å²) in [6.07, 6.45) is 1.94. The molecule has 2 aromatic carbocycles. The van der Waals surface area contributed by atoms with Crippen molar-refractivity contribution in [3.05, 3.63) is 70.3 Å². The monoisotopic (exact) mass is 578 g/mol. The topological polar surface area (TPSA) is 113 Å². The summed E-state index contributed by atoms with van der Waals surface area (Å²) in [6, 6.07) is 17.4. The van der Waals surface area contributed by atoms with Gasteiger partial charge in [-0.2, -0.15) is 0 Å². The molecule has 0 amide bonds. The van der Waals surface area contributed by atoms with Crippen LogP contribution in [0.2, 0.25) is 0 Å². The molecule has 1 aliphatic heterocycles. The van der Waals surface area contributed by atoms with Crippen molar-refractivity contribution in [1.29, 1.82) is 0 Å². The second-order valence-corrected chi connectivity index (χ2v) is 10.9. The zero-order chi connectivity index (χ0) is 28.6. The van der Waals surface area contributed by atoms with E-state index in [4.69, 9.17) is 14.6 Å². The number of piperazine rings is 1. The van der Waals surface area contributed by atoms with Crippen molar-refractivity contribution in [1.82, 2.24) is 14.8 Å². The number of thiophene rings is 1. The Kier molecular flexibility index (Phi) is 9.50. The number of unbranched alkanes of at least 4 members (excludes halogenated alkanes) is 1. The van der Waals surface area contributed by atoms with Gasteiger partial charge in [-0.1, -0.05) is 6.07 Å². The van der Waals surface area contributed by atoms with Crippen LogP contribution in [-0.2, 0) is 21.1 Å². The Balaban J connectivity index is 1.07. The second kappa shape index (κ2) is 13.6. The maximum absolute atomic E-state index is 12.5. The molecule has 1 fully saturated rings. The molecule has 10 nitrogen and oxygen atoms in total. The Morgan fingerprint density at radius 1 is 0.976 bits per heavy atom. The van der Waals surface area contributed by atoms with Crippen LogP contribution in [0.1, 0.15) is 12.8 Å². The largest absolute Gasteiger partial charge is 0.494 e. The van der Waals surface area contributed by atoms with Gasteiger partial charge in [0.2, 0.25) is 0 Å². The Bertz CT molecular complexity index is 1560. The molecule has 3 heterocycles. The molecule has 0 aliphatic carbocycles. The Morgan fingerprint density at radius 3 is 2.63 bits per heavy atom. The number of esters is 1. The molecule has 1 saturated heterocycles. The summed E-state index contributed by atoms with van der Waals surface area (Å²) >= 11 is 1.79. The Morgan fingerprint density at radius 2 is 1.80 bits per heavy atom. The van der Waals surface area contributed by atoms with Crippen LogP contribution < -0.4 is 20.5 Å². The van der Waals surface area contributed by atoms with Crippen molar-refractivity contribution < 1.29 is 24.2 Å². The molecule has 0 spiro atoms. The third-order valence-corrected chi connectivity index (χ3v) is 8.07. The maximum atomic E-state index is 12.5. The molecule has 0 unspecified atom stereocenters. The molecule has 0 saturated carbocycles. The summed E-state index contributed by atoms with van der Waals surface area (Å²) in [4.78, 5) is 40.0. The first-order chi connectivity index (χ1) is 20.0. The number of pyridine rings is 1. The fraction of sp³-hybridized carbons (Fsp3) is 0.367. The van der Waals surface area contributed by atoms with Crippen molar-refractivity contribution in [3.63, 3.8) is 0 Å². The minimum Gasteiger partial charge on any atom is -0.494 e. The molecule has 0 atom stereocenters. The van der Waals surface area contributed by atoms with Gasteiger partial charge < -0.3 is 19.5 Å². The van der Waals surface area contributed by atoms with E-state index in [0.29, 0.717) is 17.9 Å². The molecule has 1 aliphatic rings. The number of hydrogen-bond acceptors (Lipinski definition) is 9. The Hall–Kier alpha value is -3.93. The molecular weight excluding hydrogens is 544 g/mol. The van der Waals surface area contributed by atoms with E-state index in [2.05, 4.69) is 44.8 Å². The van der Waals surface area contributed by atoms with Crippen LogP contribution in [0, 0.1) is 0 Å². The highest BCUT2D eigenvalue weighted by Crippen LogP contribution is 2.31. The molecule has 216 valence electrons. The lowest BCUT2D eigenvalue weighted by atomic mass is 10.2. The molecule has 4 aromatic rings. The molecule has 2 N–H and O–H groups in total. The number of ether oxygens (including phenoxy) is 2. The first-order valence-corrected chi connectivity index (χ1v) is 14.6. The number of hydrogen-bond donors (Lipinski definition) is 2. The highest BCUT2D eigenvalue weighted by Gasteiger charge is 2.18. The van der Waals surface area contributed by atoms with Crippen molar-refractivity contribution in [2.24, 2.45) is 0 Å². The number of carbonyl (C=O) groups is 2. The van der Waals surface area contributed by atoms with Crippen LogP contribution in [0.4, 0.5) is 5.69 Å². The van der Waals surface area contributed by atoms with Gasteiger partial charge in [0.25, 0.3) is 5.56 Å². The normalized spacial score (nSPS) is 14.0. The predicted molar refractivity (Wildman–Crippen MR) is 160 cm³/mol. The molecule has 5 rings (SSSR count). The van der Waals surface area contributed by atoms with Gasteiger partial charge in [0.1, 0.15) is 5.75 Å². The highest BCUT2D eigenvalue weighted by atomic mass is 32.1. The standard InChI is InChI=1S/C30H34N4O6S/c35-28-9-7-22-6-8-23(18-26(22)34(28)21-40-30(38)20-31-19-29(36)37)39-16-2-1-11-32-12-14-33(15-13-32)25-4-3-5-27-24(25)10-17-41-27/h3-10,17-18,31H,1-2,11-16,19-21H2,(H,36,37). The van der Waals surface area contributed by atoms with Crippen LogP contribution in [0.15, 0.2) is 64.8 Å². The van der Waals surface area contributed by atoms with Crippen LogP contribution >= 0.6 is 11.3 Å². The zero-order valence-corrected chi connectivity index (χ0v) is 23.6. The van der Waals surface area contributed by atoms with E-state index in [0.717, 1.165) is 51.0 Å². The van der Waals surface area contributed by atoms with Gasteiger partial charge in [-0.25, -0.2) is 0 Å². The van der Waals surface area contributed by atoms with Gasteiger partial charge in [0, 0.05) is 54.1 Å². The summed E-state index contributed by atoms with van der Waals surface area (Å²) in [5.41, 5.74) is 1.62. The van der Waals surface area contributed by atoms with E-state index in [1.54, 1.807) is 23.5 Å². The molecule has 41 heavy (non-hydrogen) atoms. The molecule has 0 bridgehead atoms. The summed E-state index contributed by atoms with van der Waals surface area (Å²) < 4.78 is 13.9. The SMILES string of the molecule is O=C(O)CNCC(=O)OCn1c(=O)ccc2ccc(OCCCCN3CCN(c4cccc5sccc45)CC3)cc21. The van der Waals surface area contributed by atoms with Crippen molar-refractivity contribution in [3.8, 4) is 5.75 Å². The van der Waals surface area contributed by atoms with Gasteiger partial charge in [-0.15, -0.1) is 11.3 Å². The van der Waals surface area contributed by atoms with E-state index >= 15 is 0 Å². The summed E-state index contributed by atoms with van der Waals surface area (Å²) in [7, 11) is 0. The van der Waals surface area contributed by atoms with E-state index in [-0.39, 0.29) is 25.4 Å². The van der Waals surface area contributed by atoms with Crippen molar-refractivity contribution in [2.75, 3.05) is 57.3 Å². The molecule has 11 heteroatoms. The number of nitrogens with zero attached hydrogens (tertiary/aromatic N) is 3. The smallest absolute Gasteiger partial charge is 0.321 e. The van der Waals surface area contributed by atoms with Gasteiger partial charge in [-0.3, -0.25) is 29.2 Å². The van der Waals surface area contributed by atoms with Crippen LogP contribution in [0.3, 0.4) is 0 Å². The average molecular weight is 579 g/mol. The first-order valence-electron chi connectivity index (χ1n) is 13.8. The number of carboxylic acid groups (broad SMARTS) is 1. The summed E-state index contributed by atoms with van der Waals surface area (Å²) in [5.74, 6) is -1.08. The van der Waals surface area contributed by atoms with Gasteiger partial charge in [0.05, 0.1) is 25.2 Å². The fourth-order valence-electron chi connectivity index (χ4n) is 5.04. The number of anilines is 1. The quantitative estimate of drug-likeness (QED) is 0.182. The van der Waals surface area contributed by atoms with E-state index in [1.807, 2.05) is 12.1 Å².